The van der Waals surface area contributed by atoms with E-state index in [1.54, 1.807) is 24.3 Å². The number of aromatic amines is 1. The summed E-state index contributed by atoms with van der Waals surface area (Å²) in [5, 5.41) is 5.45. The van der Waals surface area contributed by atoms with Gasteiger partial charge in [-0.05, 0) is 25.1 Å². The standard InChI is InChI=1S/C22H16N4O2S/c1-13-19(16-7-2-3-8-17(16)23-13)20(27)21(28)24-15-6-4-5-14(11-15)18-12-26-9-10-29-22(26)25-18/h2-12,23H,1H3,(H,24,28). The Bertz CT molecular complexity index is 1360. The number of carbonyl (C=O) groups excluding carboxylic acids is 2. The van der Waals surface area contributed by atoms with Crippen molar-refractivity contribution in [2.75, 3.05) is 5.32 Å². The van der Waals surface area contributed by atoms with Gasteiger partial charge >= 0.3 is 0 Å². The van der Waals surface area contributed by atoms with Crippen LogP contribution in [0.15, 0.2) is 66.3 Å². The Kier molecular flexibility index (Phi) is 4.03. The van der Waals surface area contributed by atoms with E-state index in [1.807, 2.05) is 64.6 Å². The number of amides is 1. The molecule has 0 aliphatic carbocycles. The zero-order chi connectivity index (χ0) is 20.0. The van der Waals surface area contributed by atoms with Gasteiger partial charge in [-0.3, -0.25) is 14.0 Å². The molecule has 3 heterocycles. The second-order valence-corrected chi connectivity index (χ2v) is 7.63. The number of hydrogen-bond acceptors (Lipinski definition) is 4. The number of hydrogen-bond donors (Lipinski definition) is 2. The summed E-state index contributed by atoms with van der Waals surface area (Å²) in [6.07, 6.45) is 3.89. The van der Waals surface area contributed by atoms with Gasteiger partial charge in [0.2, 0.25) is 0 Å². The first-order valence-electron chi connectivity index (χ1n) is 9.06. The van der Waals surface area contributed by atoms with Crippen LogP contribution < -0.4 is 5.32 Å². The Balaban J connectivity index is 1.42. The molecule has 7 heteroatoms. The molecule has 0 atom stereocenters. The lowest BCUT2D eigenvalue weighted by Crippen LogP contribution is -2.23. The molecule has 142 valence electrons. The summed E-state index contributed by atoms with van der Waals surface area (Å²) in [6, 6.07) is 14.8. The molecule has 0 spiro atoms. The second kappa shape index (κ2) is 6.72. The van der Waals surface area contributed by atoms with Gasteiger partial charge in [-0.1, -0.05) is 30.3 Å². The molecule has 5 aromatic rings. The van der Waals surface area contributed by atoms with E-state index in [2.05, 4.69) is 15.3 Å². The average molecular weight is 400 g/mol. The molecule has 0 aliphatic heterocycles. The molecule has 6 nitrogen and oxygen atoms in total. The largest absolute Gasteiger partial charge is 0.358 e. The molecule has 0 aliphatic rings. The first kappa shape index (κ1) is 17.4. The lowest BCUT2D eigenvalue weighted by Gasteiger charge is -2.06. The minimum Gasteiger partial charge on any atom is -0.358 e. The Labute approximate surface area is 169 Å². The molecule has 0 radical (unpaired) electrons. The van der Waals surface area contributed by atoms with Crippen LogP contribution in [0.4, 0.5) is 5.69 Å². The van der Waals surface area contributed by atoms with Crippen LogP contribution in [0.3, 0.4) is 0 Å². The van der Waals surface area contributed by atoms with Crippen molar-refractivity contribution in [1.82, 2.24) is 14.4 Å². The maximum atomic E-state index is 12.8. The molecule has 1 amide bonds. The Morgan fingerprint density at radius 1 is 1.14 bits per heavy atom. The van der Waals surface area contributed by atoms with Crippen molar-refractivity contribution in [1.29, 1.82) is 0 Å². The Hall–Kier alpha value is -3.71. The van der Waals surface area contributed by atoms with Crippen LogP contribution in [0.1, 0.15) is 16.1 Å². The maximum absolute atomic E-state index is 12.8. The number of nitrogens with zero attached hydrogens (tertiary/aromatic N) is 2. The number of imidazole rings is 1. The van der Waals surface area contributed by atoms with E-state index < -0.39 is 11.7 Å². The number of H-pyrrole nitrogens is 1. The smallest absolute Gasteiger partial charge is 0.296 e. The highest BCUT2D eigenvalue weighted by atomic mass is 32.1. The fourth-order valence-electron chi connectivity index (χ4n) is 3.49. The fraction of sp³-hybridized carbons (Fsp3) is 0.0455. The maximum Gasteiger partial charge on any atom is 0.296 e. The van der Waals surface area contributed by atoms with E-state index in [-0.39, 0.29) is 0 Å². The summed E-state index contributed by atoms with van der Waals surface area (Å²) in [4.78, 5) is 34.1. The van der Waals surface area contributed by atoms with Crippen molar-refractivity contribution in [2.24, 2.45) is 0 Å². The summed E-state index contributed by atoms with van der Waals surface area (Å²) in [5.74, 6) is -1.23. The highest BCUT2D eigenvalue weighted by molar-refractivity contribution is 7.15. The third kappa shape index (κ3) is 3.01. The van der Waals surface area contributed by atoms with E-state index in [0.29, 0.717) is 16.9 Å². The van der Waals surface area contributed by atoms with Gasteiger partial charge in [-0.2, -0.15) is 0 Å². The molecule has 0 bridgehead atoms. The molecule has 2 aromatic carbocycles. The minimum absolute atomic E-state index is 0.406. The third-order valence-corrected chi connectivity index (χ3v) is 5.61. The van der Waals surface area contributed by atoms with E-state index in [4.69, 9.17) is 0 Å². The summed E-state index contributed by atoms with van der Waals surface area (Å²) in [7, 11) is 0. The number of Topliss-reactive ketones (excluding diaryl/α,β-unsaturated/α-hetero) is 1. The molecule has 0 unspecified atom stereocenters. The molecule has 5 rings (SSSR count). The number of nitrogens with one attached hydrogen (secondary N) is 2. The summed E-state index contributed by atoms with van der Waals surface area (Å²) in [6.45, 7) is 1.80. The van der Waals surface area contributed by atoms with Crippen LogP contribution >= 0.6 is 11.3 Å². The Morgan fingerprint density at radius 3 is 2.86 bits per heavy atom. The predicted octanol–water partition coefficient (Wildman–Crippen LogP) is 4.67. The van der Waals surface area contributed by atoms with E-state index in [1.165, 1.54) is 0 Å². The number of thiazole rings is 1. The quantitative estimate of drug-likeness (QED) is 0.340. The fourth-order valence-corrected chi connectivity index (χ4v) is 4.19. The number of anilines is 1. The molecule has 0 saturated carbocycles. The van der Waals surface area contributed by atoms with Crippen molar-refractivity contribution in [3.8, 4) is 11.3 Å². The van der Waals surface area contributed by atoms with Gasteiger partial charge in [-0.25, -0.2) is 4.98 Å². The van der Waals surface area contributed by atoms with Gasteiger partial charge in [0.15, 0.2) is 4.96 Å². The van der Waals surface area contributed by atoms with Crippen LogP contribution in [0, 0.1) is 6.92 Å². The molecule has 0 saturated heterocycles. The second-order valence-electron chi connectivity index (χ2n) is 6.75. The average Bonchev–Trinajstić information content (AvgIpc) is 3.40. The number of carbonyl (C=O) groups is 2. The lowest BCUT2D eigenvalue weighted by atomic mass is 10.1. The van der Waals surface area contributed by atoms with Crippen molar-refractivity contribution in [3.63, 3.8) is 0 Å². The lowest BCUT2D eigenvalue weighted by molar-refractivity contribution is -0.112. The van der Waals surface area contributed by atoms with Crippen molar-refractivity contribution < 1.29 is 9.59 Å². The van der Waals surface area contributed by atoms with Crippen LogP contribution in [-0.2, 0) is 4.79 Å². The molecular weight excluding hydrogens is 384 g/mol. The van der Waals surface area contributed by atoms with Gasteiger partial charge in [-0.15, -0.1) is 11.3 Å². The van der Waals surface area contributed by atoms with Crippen LogP contribution in [0.5, 0.6) is 0 Å². The normalized spacial score (nSPS) is 11.2. The van der Waals surface area contributed by atoms with Crippen LogP contribution in [-0.4, -0.2) is 26.1 Å². The number of rotatable bonds is 4. The highest BCUT2D eigenvalue weighted by Gasteiger charge is 2.22. The van der Waals surface area contributed by atoms with Crippen LogP contribution in [0.25, 0.3) is 27.1 Å². The summed E-state index contributed by atoms with van der Waals surface area (Å²) in [5.41, 5.74) is 4.15. The zero-order valence-corrected chi connectivity index (χ0v) is 16.3. The number of benzene rings is 2. The van der Waals surface area contributed by atoms with Crippen LogP contribution in [0.2, 0.25) is 0 Å². The SMILES string of the molecule is Cc1[nH]c2ccccc2c1C(=O)C(=O)Nc1cccc(-c2cn3ccsc3n2)c1. The zero-order valence-electron chi connectivity index (χ0n) is 15.5. The third-order valence-electron chi connectivity index (χ3n) is 4.84. The summed E-state index contributed by atoms with van der Waals surface area (Å²) < 4.78 is 1.95. The Morgan fingerprint density at radius 2 is 2.00 bits per heavy atom. The van der Waals surface area contributed by atoms with E-state index in [9.17, 15) is 9.59 Å². The first-order valence-corrected chi connectivity index (χ1v) is 9.94. The number of fused-ring (bicyclic) bond motifs is 2. The molecule has 29 heavy (non-hydrogen) atoms. The minimum atomic E-state index is -0.666. The van der Waals surface area contributed by atoms with E-state index >= 15 is 0 Å². The predicted molar refractivity (Wildman–Crippen MR) is 115 cm³/mol. The van der Waals surface area contributed by atoms with Gasteiger partial charge in [0.1, 0.15) is 0 Å². The van der Waals surface area contributed by atoms with Crippen molar-refractivity contribution in [2.45, 2.75) is 6.92 Å². The molecular formula is C22H16N4O2S. The van der Waals surface area contributed by atoms with Gasteiger partial charge in [0, 0.05) is 45.6 Å². The van der Waals surface area contributed by atoms with E-state index in [0.717, 1.165) is 27.1 Å². The molecule has 0 fully saturated rings. The number of aromatic nitrogens is 3. The number of para-hydroxylation sites is 1. The molecule has 3 aromatic heterocycles. The van der Waals surface area contributed by atoms with Gasteiger partial charge < -0.3 is 10.3 Å². The highest BCUT2D eigenvalue weighted by Crippen LogP contribution is 2.25. The number of ketones is 1. The van der Waals surface area contributed by atoms with Crippen molar-refractivity contribution >= 4 is 44.6 Å². The monoisotopic (exact) mass is 400 g/mol. The molecule has 2 N–H and O–H groups in total. The van der Waals surface area contributed by atoms with Gasteiger partial charge in [0.25, 0.3) is 11.7 Å². The van der Waals surface area contributed by atoms with Crippen molar-refractivity contribution in [3.05, 3.63) is 77.6 Å². The topological polar surface area (TPSA) is 79.3 Å². The van der Waals surface area contributed by atoms with Gasteiger partial charge in [0.05, 0.1) is 11.3 Å². The number of aryl methyl sites for hydroxylation is 1. The first-order chi connectivity index (χ1) is 14.1. The summed E-state index contributed by atoms with van der Waals surface area (Å²) >= 11 is 1.56.